The average Bonchev–Trinajstić information content (AvgIpc) is 2.66. The van der Waals surface area contributed by atoms with Gasteiger partial charge in [-0.15, -0.1) is 22.0 Å². The summed E-state index contributed by atoms with van der Waals surface area (Å²) >= 11 is 4.51. The molecular weight excluding hydrogens is 404 g/mol. The first-order valence-corrected chi connectivity index (χ1v) is 12.8. The van der Waals surface area contributed by atoms with Crippen LogP contribution in [0.15, 0.2) is 78.0 Å². The van der Waals surface area contributed by atoms with Gasteiger partial charge < -0.3 is 9.21 Å². The first kappa shape index (κ1) is 24.2. The molecular formula is C26H36N2S2. The summed E-state index contributed by atoms with van der Waals surface area (Å²) in [6.45, 7) is 16.0. The molecule has 162 valence electrons. The highest BCUT2D eigenvalue weighted by Gasteiger charge is 2.28. The Hall–Kier alpha value is -2.04. The van der Waals surface area contributed by atoms with Gasteiger partial charge in [0, 0.05) is 41.0 Å². The summed E-state index contributed by atoms with van der Waals surface area (Å²) in [5, 5.41) is 0. The van der Waals surface area contributed by atoms with Crippen molar-refractivity contribution in [1.29, 1.82) is 0 Å². The number of rotatable bonds is 9. The van der Waals surface area contributed by atoms with E-state index >= 15 is 0 Å². The Balaban J connectivity index is 2.23. The lowest BCUT2D eigenvalue weighted by Crippen LogP contribution is -2.34. The minimum absolute atomic E-state index is 0.229. The first-order valence-electron chi connectivity index (χ1n) is 10.0. The van der Waals surface area contributed by atoms with Crippen LogP contribution in [-0.2, 0) is 11.8 Å². The van der Waals surface area contributed by atoms with E-state index in [4.69, 9.17) is 0 Å². The van der Waals surface area contributed by atoms with E-state index < -0.39 is 9.39 Å². The average molecular weight is 441 g/mol. The second-order valence-electron chi connectivity index (χ2n) is 8.65. The lowest BCUT2D eigenvalue weighted by atomic mass is 9.81. The van der Waals surface area contributed by atoms with Crippen molar-refractivity contribution in [3.05, 3.63) is 84.2 Å². The Morgan fingerprint density at radius 1 is 1.07 bits per heavy atom. The molecule has 0 N–H and O–H groups in total. The second-order valence-corrected chi connectivity index (χ2v) is 12.2. The van der Waals surface area contributed by atoms with E-state index in [2.05, 4.69) is 110 Å². The van der Waals surface area contributed by atoms with Gasteiger partial charge in [-0.2, -0.15) is 0 Å². The minimum Gasteiger partial charge on any atom is -0.349 e. The molecule has 2 aromatic rings. The number of benzene rings is 2. The number of anilines is 1. The van der Waals surface area contributed by atoms with E-state index in [1.807, 2.05) is 19.1 Å². The van der Waals surface area contributed by atoms with Gasteiger partial charge in [-0.25, -0.2) is 0 Å². The minimum atomic E-state index is -1.30. The Labute approximate surface area is 189 Å². The van der Waals surface area contributed by atoms with Gasteiger partial charge in [0.15, 0.2) is 0 Å². The van der Waals surface area contributed by atoms with E-state index in [9.17, 15) is 0 Å². The van der Waals surface area contributed by atoms with Crippen LogP contribution in [0.1, 0.15) is 31.9 Å². The number of nitrogens with zero attached hydrogens (tertiary/aromatic N) is 2. The molecule has 0 radical (unpaired) electrons. The van der Waals surface area contributed by atoms with Gasteiger partial charge in [-0.05, 0) is 55.0 Å². The molecule has 0 fully saturated rings. The maximum Gasteiger partial charge on any atom is 0.0459 e. The highest BCUT2D eigenvalue weighted by Crippen LogP contribution is 2.35. The van der Waals surface area contributed by atoms with Crippen molar-refractivity contribution in [2.45, 2.75) is 37.5 Å². The summed E-state index contributed by atoms with van der Waals surface area (Å²) in [4.78, 5) is 3.20. The third-order valence-electron chi connectivity index (χ3n) is 5.64. The predicted molar refractivity (Wildman–Crippen MR) is 144 cm³/mol. The summed E-state index contributed by atoms with van der Waals surface area (Å²) in [6, 6.07) is 16.9. The lowest BCUT2D eigenvalue weighted by Gasteiger charge is -2.37. The van der Waals surface area contributed by atoms with Crippen molar-refractivity contribution in [2.75, 3.05) is 24.2 Å². The molecule has 0 aliphatic carbocycles. The van der Waals surface area contributed by atoms with Gasteiger partial charge in [0.1, 0.15) is 0 Å². The largest absolute Gasteiger partial charge is 0.349 e. The third kappa shape index (κ3) is 5.77. The molecule has 0 heterocycles. The van der Waals surface area contributed by atoms with E-state index in [0.717, 1.165) is 34.9 Å². The Bertz CT molecular complexity index is 1030. The molecule has 0 aliphatic heterocycles. The SMILES string of the molecule is C=C(C)N(CCc1cccc(N(C)S(=C)(=C)C)c1)C(=C)C(C)(C)c1cccc(S)c1. The lowest BCUT2D eigenvalue weighted by molar-refractivity contribution is 0.363. The van der Waals surface area contributed by atoms with Crippen LogP contribution in [0.5, 0.6) is 0 Å². The van der Waals surface area contributed by atoms with Crippen molar-refractivity contribution < 1.29 is 0 Å². The fourth-order valence-electron chi connectivity index (χ4n) is 3.36. The molecule has 2 rings (SSSR count). The zero-order chi connectivity index (χ0) is 22.7. The summed E-state index contributed by atoms with van der Waals surface area (Å²) in [5.41, 5.74) is 5.43. The van der Waals surface area contributed by atoms with Crippen molar-refractivity contribution in [3.63, 3.8) is 0 Å². The van der Waals surface area contributed by atoms with Gasteiger partial charge in [0.2, 0.25) is 0 Å². The fourth-order valence-corrected chi connectivity index (χ4v) is 4.21. The van der Waals surface area contributed by atoms with Gasteiger partial charge in [0.05, 0.1) is 0 Å². The van der Waals surface area contributed by atoms with Crippen LogP contribution < -0.4 is 4.31 Å². The van der Waals surface area contributed by atoms with Crippen LogP contribution >= 0.6 is 22.0 Å². The Morgan fingerprint density at radius 2 is 1.70 bits per heavy atom. The summed E-state index contributed by atoms with van der Waals surface area (Å²) < 4.78 is 2.18. The number of hydrogen-bond donors (Lipinski definition) is 1. The summed E-state index contributed by atoms with van der Waals surface area (Å²) in [6.07, 6.45) is 2.99. The summed E-state index contributed by atoms with van der Waals surface area (Å²) in [5.74, 6) is 8.44. The van der Waals surface area contributed by atoms with Crippen molar-refractivity contribution in [1.82, 2.24) is 4.90 Å². The molecule has 0 bridgehead atoms. The molecule has 30 heavy (non-hydrogen) atoms. The van der Waals surface area contributed by atoms with Crippen LogP contribution in [0.4, 0.5) is 5.69 Å². The van der Waals surface area contributed by atoms with Crippen molar-refractivity contribution >= 4 is 39.4 Å². The molecule has 0 unspecified atom stereocenters. The quantitative estimate of drug-likeness (QED) is 0.351. The molecule has 0 amide bonds. The van der Waals surface area contributed by atoms with Gasteiger partial charge >= 0.3 is 0 Å². The molecule has 2 aromatic carbocycles. The number of hydrogen-bond acceptors (Lipinski definition) is 3. The molecule has 2 nitrogen and oxygen atoms in total. The van der Waals surface area contributed by atoms with Crippen LogP contribution in [0, 0.1) is 0 Å². The molecule has 0 saturated carbocycles. The zero-order valence-electron chi connectivity index (χ0n) is 19.1. The van der Waals surface area contributed by atoms with Crippen molar-refractivity contribution in [2.24, 2.45) is 0 Å². The number of thiol groups is 1. The Morgan fingerprint density at radius 3 is 2.27 bits per heavy atom. The molecule has 0 atom stereocenters. The third-order valence-corrected chi connectivity index (χ3v) is 7.45. The van der Waals surface area contributed by atoms with Crippen molar-refractivity contribution in [3.8, 4) is 0 Å². The molecule has 0 saturated heterocycles. The standard InChI is InChI=1S/C26H36N2S2/c1-20(2)28(21(3)26(4,5)23-13-11-15-25(29)19-23)17-16-22-12-10-14-24(18-22)27(6)30(7,8)9/h10-15,18-19,29H,1,3,7-8,16-17H2,2,4-6,9H3. The van der Waals surface area contributed by atoms with E-state index in [0.29, 0.717) is 0 Å². The fraction of sp³-hybridized carbons (Fsp3) is 0.308. The zero-order valence-corrected chi connectivity index (χ0v) is 20.8. The van der Waals surface area contributed by atoms with E-state index in [-0.39, 0.29) is 5.41 Å². The highest BCUT2D eigenvalue weighted by atomic mass is 32.2. The monoisotopic (exact) mass is 440 g/mol. The smallest absolute Gasteiger partial charge is 0.0459 e. The first-order chi connectivity index (χ1) is 13.8. The van der Waals surface area contributed by atoms with Crippen LogP contribution in [0.2, 0.25) is 0 Å². The summed E-state index contributed by atoms with van der Waals surface area (Å²) in [7, 11) is 0.768. The van der Waals surface area contributed by atoms with Crippen LogP contribution in [0.3, 0.4) is 0 Å². The van der Waals surface area contributed by atoms with E-state index in [1.54, 1.807) is 0 Å². The van der Waals surface area contributed by atoms with Gasteiger partial charge in [0.25, 0.3) is 0 Å². The van der Waals surface area contributed by atoms with Gasteiger partial charge in [-0.3, -0.25) is 0 Å². The molecule has 4 heteroatoms. The highest BCUT2D eigenvalue weighted by molar-refractivity contribution is 8.28. The maximum absolute atomic E-state index is 4.51. The Kier molecular flexibility index (Phi) is 7.59. The maximum atomic E-state index is 4.51. The molecule has 0 aliphatic rings. The van der Waals surface area contributed by atoms with Gasteiger partial charge in [-0.1, -0.05) is 63.0 Å². The normalized spacial score (nSPS) is 11.8. The molecule has 0 spiro atoms. The molecule has 0 aromatic heterocycles. The topological polar surface area (TPSA) is 6.48 Å². The van der Waals surface area contributed by atoms with Crippen LogP contribution in [0.25, 0.3) is 0 Å². The van der Waals surface area contributed by atoms with E-state index in [1.165, 1.54) is 11.1 Å². The number of allylic oxidation sites excluding steroid dienone is 2. The van der Waals surface area contributed by atoms with Crippen LogP contribution in [-0.4, -0.2) is 36.5 Å². The second kappa shape index (κ2) is 9.40. The predicted octanol–water partition coefficient (Wildman–Crippen LogP) is 6.49.